The molecule has 0 radical (unpaired) electrons. The highest BCUT2D eigenvalue weighted by atomic mass is 35.5. The van der Waals surface area contributed by atoms with Gasteiger partial charge in [0.05, 0.1) is 17.1 Å². The lowest BCUT2D eigenvalue weighted by atomic mass is 10.0. The fraction of sp³-hybridized carbons (Fsp3) is 0.529. The molecular weight excluding hydrogens is 314 g/mol. The number of likely N-dealkylation sites (tertiary alicyclic amines) is 1. The van der Waals surface area contributed by atoms with Crippen LogP contribution in [0.2, 0.25) is 5.02 Å². The van der Waals surface area contributed by atoms with E-state index in [0.717, 1.165) is 38.9 Å². The lowest BCUT2D eigenvalue weighted by Crippen LogP contribution is -2.47. The molecule has 0 spiro atoms. The van der Waals surface area contributed by atoms with E-state index in [1.807, 2.05) is 0 Å². The number of carbonyl (C=O) groups is 2. The molecule has 1 saturated heterocycles. The lowest BCUT2D eigenvalue weighted by molar-refractivity contribution is -0.121. The average molecular weight is 338 g/mol. The Morgan fingerprint density at radius 1 is 1.26 bits per heavy atom. The van der Waals surface area contributed by atoms with Crippen LogP contribution >= 0.6 is 11.6 Å². The first kappa shape index (κ1) is 17.8. The van der Waals surface area contributed by atoms with E-state index in [1.54, 1.807) is 24.3 Å². The molecule has 2 rings (SSSR count). The largest absolute Gasteiger partial charge is 0.352 e. The first-order valence-corrected chi connectivity index (χ1v) is 8.52. The van der Waals surface area contributed by atoms with Crippen LogP contribution in [0.4, 0.5) is 0 Å². The highest BCUT2D eigenvalue weighted by Crippen LogP contribution is 2.14. The normalized spacial score (nSPS) is 16.1. The van der Waals surface area contributed by atoms with Gasteiger partial charge in [0.15, 0.2) is 0 Å². The molecule has 2 N–H and O–H groups in total. The smallest absolute Gasteiger partial charge is 0.253 e. The summed E-state index contributed by atoms with van der Waals surface area (Å²) in [7, 11) is 0. The van der Waals surface area contributed by atoms with Gasteiger partial charge in [0.1, 0.15) is 0 Å². The van der Waals surface area contributed by atoms with Gasteiger partial charge in [-0.05, 0) is 37.9 Å². The summed E-state index contributed by atoms with van der Waals surface area (Å²) in [6.45, 7) is 5.30. The van der Waals surface area contributed by atoms with Crippen LogP contribution in [0.5, 0.6) is 0 Å². The van der Waals surface area contributed by atoms with Gasteiger partial charge in [-0.3, -0.25) is 9.59 Å². The summed E-state index contributed by atoms with van der Waals surface area (Å²) in [5.41, 5.74) is 0.384. The summed E-state index contributed by atoms with van der Waals surface area (Å²) in [6.07, 6.45) is 3.08. The second-order valence-corrected chi connectivity index (χ2v) is 6.25. The summed E-state index contributed by atoms with van der Waals surface area (Å²) in [4.78, 5) is 26.4. The van der Waals surface area contributed by atoms with Crippen molar-refractivity contribution in [2.75, 3.05) is 26.2 Å². The predicted octanol–water partition coefficient (Wildman–Crippen LogP) is 2.06. The monoisotopic (exact) mass is 337 g/mol. The molecule has 1 aromatic rings. The number of hydrogen-bond donors (Lipinski definition) is 2. The highest BCUT2D eigenvalue weighted by molar-refractivity contribution is 6.33. The molecule has 1 fully saturated rings. The second-order valence-electron chi connectivity index (χ2n) is 5.85. The summed E-state index contributed by atoms with van der Waals surface area (Å²) in [5, 5.41) is 5.99. The van der Waals surface area contributed by atoms with Crippen molar-refractivity contribution in [1.82, 2.24) is 15.5 Å². The summed E-state index contributed by atoms with van der Waals surface area (Å²) >= 11 is 5.96. The van der Waals surface area contributed by atoms with Crippen LogP contribution in [0.1, 0.15) is 36.5 Å². The quantitative estimate of drug-likeness (QED) is 0.835. The van der Waals surface area contributed by atoms with Crippen molar-refractivity contribution < 1.29 is 9.59 Å². The third kappa shape index (κ3) is 5.52. The van der Waals surface area contributed by atoms with Crippen LogP contribution in [0.25, 0.3) is 0 Å². The zero-order valence-electron chi connectivity index (χ0n) is 13.5. The zero-order valence-corrected chi connectivity index (χ0v) is 14.2. The Kier molecular flexibility index (Phi) is 6.86. The van der Waals surface area contributed by atoms with Gasteiger partial charge in [0.2, 0.25) is 5.91 Å². The summed E-state index contributed by atoms with van der Waals surface area (Å²) in [6, 6.07) is 6.99. The fourth-order valence-corrected chi connectivity index (χ4v) is 3.02. The topological polar surface area (TPSA) is 61.4 Å². The number of hydrogen-bond acceptors (Lipinski definition) is 3. The van der Waals surface area contributed by atoms with E-state index in [4.69, 9.17) is 11.6 Å². The molecule has 6 heteroatoms. The van der Waals surface area contributed by atoms with E-state index < -0.39 is 0 Å². The Hall–Kier alpha value is -1.59. The lowest BCUT2D eigenvalue weighted by Gasteiger charge is -2.32. The number of piperidine rings is 1. The van der Waals surface area contributed by atoms with Crippen LogP contribution in [-0.4, -0.2) is 48.9 Å². The van der Waals surface area contributed by atoms with Crippen molar-refractivity contribution in [1.29, 1.82) is 0 Å². The summed E-state index contributed by atoms with van der Waals surface area (Å²) < 4.78 is 0. The molecule has 1 aliphatic heterocycles. The van der Waals surface area contributed by atoms with Gasteiger partial charge in [-0.1, -0.05) is 30.7 Å². The zero-order chi connectivity index (χ0) is 16.7. The molecule has 1 heterocycles. The van der Waals surface area contributed by atoms with Crippen molar-refractivity contribution in [2.24, 2.45) is 0 Å². The molecule has 0 aliphatic carbocycles. The molecule has 0 bridgehead atoms. The van der Waals surface area contributed by atoms with E-state index in [1.165, 1.54) is 0 Å². The predicted molar refractivity (Wildman–Crippen MR) is 91.7 cm³/mol. The number of halogens is 1. The number of benzene rings is 1. The number of nitrogens with zero attached hydrogens (tertiary/aromatic N) is 1. The molecule has 0 atom stereocenters. The van der Waals surface area contributed by atoms with Crippen molar-refractivity contribution in [3.8, 4) is 0 Å². The Bertz CT molecular complexity index is 542. The maximum atomic E-state index is 12.0. The average Bonchev–Trinajstić information content (AvgIpc) is 2.55. The Morgan fingerprint density at radius 2 is 1.96 bits per heavy atom. The molecule has 0 saturated carbocycles. The van der Waals surface area contributed by atoms with E-state index in [0.29, 0.717) is 10.6 Å². The van der Waals surface area contributed by atoms with E-state index >= 15 is 0 Å². The Balaban J connectivity index is 1.71. The molecule has 1 aromatic carbocycles. The van der Waals surface area contributed by atoms with Gasteiger partial charge in [-0.2, -0.15) is 0 Å². The molecule has 0 aromatic heterocycles. The van der Waals surface area contributed by atoms with Crippen LogP contribution in [0.3, 0.4) is 0 Å². The molecule has 126 valence electrons. The number of carbonyl (C=O) groups excluding carboxylic acids is 2. The van der Waals surface area contributed by atoms with Gasteiger partial charge >= 0.3 is 0 Å². The Labute approximate surface area is 142 Å². The molecule has 0 unspecified atom stereocenters. The SMILES string of the molecule is CCCN1CCC(NC(=O)CNC(=O)c2ccccc2Cl)CC1. The second kappa shape index (κ2) is 8.89. The van der Waals surface area contributed by atoms with Crippen LogP contribution < -0.4 is 10.6 Å². The van der Waals surface area contributed by atoms with E-state index in [-0.39, 0.29) is 24.4 Å². The van der Waals surface area contributed by atoms with Crippen LogP contribution in [0.15, 0.2) is 24.3 Å². The van der Waals surface area contributed by atoms with Crippen molar-refractivity contribution in [2.45, 2.75) is 32.2 Å². The first-order chi connectivity index (χ1) is 11.1. The first-order valence-electron chi connectivity index (χ1n) is 8.14. The molecule has 2 amide bonds. The van der Waals surface area contributed by atoms with E-state index in [2.05, 4.69) is 22.5 Å². The maximum absolute atomic E-state index is 12.0. The molecule has 23 heavy (non-hydrogen) atoms. The number of nitrogens with one attached hydrogen (secondary N) is 2. The minimum absolute atomic E-state index is 0.0285. The third-order valence-electron chi connectivity index (χ3n) is 4.02. The van der Waals surface area contributed by atoms with Gasteiger partial charge in [-0.15, -0.1) is 0 Å². The number of rotatable bonds is 6. The molecule has 1 aliphatic rings. The van der Waals surface area contributed by atoms with Gasteiger partial charge in [-0.25, -0.2) is 0 Å². The standard InChI is InChI=1S/C17H24ClN3O2/c1-2-9-21-10-7-13(8-11-21)20-16(22)12-19-17(23)14-5-3-4-6-15(14)18/h3-6,13H,2,7-12H2,1H3,(H,19,23)(H,20,22). The van der Waals surface area contributed by atoms with Crippen molar-refractivity contribution in [3.05, 3.63) is 34.9 Å². The summed E-state index contributed by atoms with van der Waals surface area (Å²) in [5.74, 6) is -0.483. The number of amides is 2. The van der Waals surface area contributed by atoms with Crippen LogP contribution in [-0.2, 0) is 4.79 Å². The minimum Gasteiger partial charge on any atom is -0.352 e. The van der Waals surface area contributed by atoms with Crippen molar-refractivity contribution in [3.63, 3.8) is 0 Å². The fourth-order valence-electron chi connectivity index (χ4n) is 2.80. The van der Waals surface area contributed by atoms with E-state index in [9.17, 15) is 9.59 Å². The third-order valence-corrected chi connectivity index (χ3v) is 4.35. The molecular formula is C17H24ClN3O2. The Morgan fingerprint density at radius 3 is 2.61 bits per heavy atom. The van der Waals surface area contributed by atoms with Gasteiger partial charge < -0.3 is 15.5 Å². The van der Waals surface area contributed by atoms with Gasteiger partial charge in [0.25, 0.3) is 5.91 Å². The van der Waals surface area contributed by atoms with Crippen molar-refractivity contribution >= 4 is 23.4 Å². The molecule has 5 nitrogen and oxygen atoms in total. The maximum Gasteiger partial charge on any atom is 0.253 e. The highest BCUT2D eigenvalue weighted by Gasteiger charge is 2.20. The van der Waals surface area contributed by atoms with Crippen LogP contribution in [0, 0.1) is 0 Å². The minimum atomic E-state index is -0.330. The van der Waals surface area contributed by atoms with Gasteiger partial charge in [0, 0.05) is 19.1 Å².